The van der Waals surface area contributed by atoms with Gasteiger partial charge in [0, 0.05) is 34.3 Å². The third-order valence-corrected chi connectivity index (χ3v) is 5.11. The lowest BCUT2D eigenvalue weighted by molar-refractivity contribution is 0.365. The van der Waals surface area contributed by atoms with E-state index in [2.05, 4.69) is 16.3 Å². The molecule has 1 aliphatic carbocycles. The van der Waals surface area contributed by atoms with E-state index in [4.69, 9.17) is 0 Å². The SMILES string of the molecule is CN1CCS(=O)(=NCC2CC2)CC1. The van der Waals surface area contributed by atoms with Crippen LogP contribution in [0.15, 0.2) is 4.36 Å². The number of nitrogens with zero attached hydrogens (tertiary/aromatic N) is 2. The Morgan fingerprint density at radius 3 is 2.54 bits per heavy atom. The van der Waals surface area contributed by atoms with Crippen LogP contribution in [0.3, 0.4) is 0 Å². The Bertz CT molecular complexity index is 276. The van der Waals surface area contributed by atoms with Gasteiger partial charge < -0.3 is 4.90 Å². The van der Waals surface area contributed by atoms with Crippen LogP contribution >= 0.6 is 0 Å². The molecule has 13 heavy (non-hydrogen) atoms. The van der Waals surface area contributed by atoms with E-state index in [0.717, 1.165) is 37.1 Å². The van der Waals surface area contributed by atoms with E-state index in [1.54, 1.807) is 0 Å². The summed E-state index contributed by atoms with van der Waals surface area (Å²) in [6.45, 7) is 2.77. The van der Waals surface area contributed by atoms with Gasteiger partial charge in [-0.3, -0.25) is 0 Å². The highest BCUT2D eigenvalue weighted by molar-refractivity contribution is 7.93. The predicted octanol–water partition coefficient (Wildman–Crippen LogP) is 0.810. The lowest BCUT2D eigenvalue weighted by atomic mass is 10.4. The zero-order chi connectivity index (χ0) is 9.31. The van der Waals surface area contributed by atoms with Crippen molar-refractivity contribution in [2.45, 2.75) is 12.8 Å². The number of rotatable bonds is 2. The van der Waals surface area contributed by atoms with Gasteiger partial charge in [0.05, 0.1) is 6.54 Å². The van der Waals surface area contributed by atoms with Crippen molar-refractivity contribution >= 4 is 9.73 Å². The quantitative estimate of drug-likeness (QED) is 0.664. The molecule has 1 saturated carbocycles. The Kier molecular flexibility index (Phi) is 2.60. The molecular formula is C9H18N2OS. The Hall–Kier alpha value is -0.0900. The lowest BCUT2D eigenvalue weighted by Gasteiger charge is -2.24. The molecule has 0 atom stereocenters. The van der Waals surface area contributed by atoms with Gasteiger partial charge in [0.1, 0.15) is 0 Å². The summed E-state index contributed by atoms with van der Waals surface area (Å²) < 4.78 is 16.5. The Labute approximate surface area is 80.7 Å². The average Bonchev–Trinajstić information content (AvgIpc) is 2.91. The summed E-state index contributed by atoms with van der Waals surface area (Å²) in [7, 11) is 0.288. The van der Waals surface area contributed by atoms with E-state index in [1.165, 1.54) is 12.8 Å². The summed E-state index contributed by atoms with van der Waals surface area (Å²) in [4.78, 5) is 2.23. The summed E-state index contributed by atoms with van der Waals surface area (Å²) in [6.07, 6.45) is 2.61. The molecule has 3 nitrogen and oxygen atoms in total. The second-order valence-corrected chi connectivity index (χ2v) is 6.86. The largest absolute Gasteiger partial charge is 0.304 e. The minimum absolute atomic E-state index is 0.776. The third-order valence-electron chi connectivity index (χ3n) is 2.85. The van der Waals surface area contributed by atoms with E-state index in [1.807, 2.05) is 0 Å². The number of hydrogen-bond donors (Lipinski definition) is 0. The topological polar surface area (TPSA) is 32.7 Å². The fourth-order valence-corrected chi connectivity index (χ4v) is 3.62. The molecule has 0 aromatic rings. The monoisotopic (exact) mass is 202 g/mol. The smallest absolute Gasteiger partial charge is 0.0512 e. The maximum Gasteiger partial charge on any atom is 0.0512 e. The molecule has 1 aliphatic heterocycles. The average molecular weight is 202 g/mol. The first-order valence-electron chi connectivity index (χ1n) is 5.05. The van der Waals surface area contributed by atoms with E-state index in [9.17, 15) is 4.21 Å². The fraction of sp³-hybridized carbons (Fsp3) is 1.00. The standard InChI is InChI=1S/C9H18N2OS/c1-11-4-6-13(12,7-5-11)10-8-9-2-3-9/h9H,2-8H2,1H3. The first-order chi connectivity index (χ1) is 6.18. The highest BCUT2D eigenvalue weighted by Crippen LogP contribution is 2.29. The van der Waals surface area contributed by atoms with Crippen molar-refractivity contribution in [1.29, 1.82) is 0 Å². The van der Waals surface area contributed by atoms with Gasteiger partial charge in [-0.25, -0.2) is 8.57 Å². The minimum Gasteiger partial charge on any atom is -0.304 e. The van der Waals surface area contributed by atoms with Crippen molar-refractivity contribution in [2.24, 2.45) is 10.3 Å². The summed E-state index contributed by atoms with van der Waals surface area (Å²) in [5.41, 5.74) is 0. The van der Waals surface area contributed by atoms with Crippen molar-refractivity contribution < 1.29 is 4.21 Å². The molecule has 1 heterocycles. The first-order valence-corrected chi connectivity index (χ1v) is 6.90. The van der Waals surface area contributed by atoms with E-state index >= 15 is 0 Å². The lowest BCUT2D eigenvalue weighted by Crippen LogP contribution is -2.37. The first kappa shape index (κ1) is 9.46. The van der Waals surface area contributed by atoms with Gasteiger partial charge in [-0.1, -0.05) is 0 Å². The zero-order valence-electron chi connectivity index (χ0n) is 8.24. The van der Waals surface area contributed by atoms with Crippen LogP contribution < -0.4 is 0 Å². The molecule has 0 unspecified atom stereocenters. The van der Waals surface area contributed by atoms with E-state index < -0.39 is 9.73 Å². The van der Waals surface area contributed by atoms with Crippen LogP contribution in [0.25, 0.3) is 0 Å². The molecule has 0 spiro atoms. The maximum absolute atomic E-state index is 12.1. The van der Waals surface area contributed by atoms with Crippen LogP contribution in [0, 0.1) is 5.92 Å². The predicted molar refractivity (Wildman–Crippen MR) is 55.4 cm³/mol. The summed E-state index contributed by atoms with van der Waals surface area (Å²) >= 11 is 0. The molecule has 0 aromatic heterocycles. The van der Waals surface area contributed by atoms with Gasteiger partial charge in [-0.2, -0.15) is 0 Å². The normalized spacial score (nSPS) is 28.7. The van der Waals surface area contributed by atoms with Gasteiger partial charge in [0.2, 0.25) is 0 Å². The van der Waals surface area contributed by atoms with Gasteiger partial charge >= 0.3 is 0 Å². The molecule has 76 valence electrons. The van der Waals surface area contributed by atoms with Gasteiger partial charge in [-0.15, -0.1) is 0 Å². The molecule has 0 N–H and O–H groups in total. The Balaban J connectivity index is 1.94. The Morgan fingerprint density at radius 2 is 2.00 bits per heavy atom. The number of hydrogen-bond acceptors (Lipinski definition) is 3. The Morgan fingerprint density at radius 1 is 1.38 bits per heavy atom. The molecule has 4 heteroatoms. The van der Waals surface area contributed by atoms with Crippen LogP contribution in [0.4, 0.5) is 0 Å². The van der Waals surface area contributed by atoms with Crippen LogP contribution in [-0.4, -0.2) is 47.3 Å². The highest BCUT2D eigenvalue weighted by Gasteiger charge is 2.23. The molecule has 0 amide bonds. The molecule has 1 saturated heterocycles. The highest BCUT2D eigenvalue weighted by atomic mass is 32.2. The van der Waals surface area contributed by atoms with Gasteiger partial charge in [0.15, 0.2) is 0 Å². The van der Waals surface area contributed by atoms with Crippen LogP contribution in [0.2, 0.25) is 0 Å². The molecule has 2 fully saturated rings. The second-order valence-electron chi connectivity index (χ2n) is 4.24. The van der Waals surface area contributed by atoms with Gasteiger partial charge in [-0.05, 0) is 25.8 Å². The molecule has 2 rings (SSSR count). The fourth-order valence-electron chi connectivity index (χ4n) is 1.48. The van der Waals surface area contributed by atoms with Crippen molar-refractivity contribution in [1.82, 2.24) is 4.90 Å². The summed E-state index contributed by atoms with van der Waals surface area (Å²) in [5, 5.41) is 0. The van der Waals surface area contributed by atoms with Crippen molar-refractivity contribution in [3.05, 3.63) is 0 Å². The molecule has 0 aromatic carbocycles. The van der Waals surface area contributed by atoms with Gasteiger partial charge in [0.25, 0.3) is 0 Å². The van der Waals surface area contributed by atoms with Crippen LogP contribution in [0.1, 0.15) is 12.8 Å². The van der Waals surface area contributed by atoms with Crippen molar-refractivity contribution in [3.63, 3.8) is 0 Å². The summed E-state index contributed by atoms with van der Waals surface area (Å²) in [6, 6.07) is 0. The van der Waals surface area contributed by atoms with E-state index in [-0.39, 0.29) is 0 Å². The summed E-state index contributed by atoms with van der Waals surface area (Å²) in [5.74, 6) is 2.35. The zero-order valence-corrected chi connectivity index (χ0v) is 9.05. The molecule has 0 radical (unpaired) electrons. The maximum atomic E-state index is 12.1. The third kappa shape index (κ3) is 2.68. The van der Waals surface area contributed by atoms with Crippen LogP contribution in [0.5, 0.6) is 0 Å². The molecular weight excluding hydrogens is 184 g/mol. The van der Waals surface area contributed by atoms with E-state index in [0.29, 0.717) is 0 Å². The van der Waals surface area contributed by atoms with Crippen molar-refractivity contribution in [2.75, 3.05) is 38.2 Å². The molecule has 0 bridgehead atoms. The minimum atomic E-state index is -1.79. The second kappa shape index (κ2) is 3.58. The van der Waals surface area contributed by atoms with Crippen LogP contribution in [-0.2, 0) is 9.73 Å². The van der Waals surface area contributed by atoms with Crippen molar-refractivity contribution in [3.8, 4) is 0 Å². The molecule has 2 aliphatic rings.